The third-order valence-corrected chi connectivity index (χ3v) is 3.43. The lowest BCUT2D eigenvalue weighted by atomic mass is 10.2. The van der Waals surface area contributed by atoms with Gasteiger partial charge in [0.25, 0.3) is 5.69 Å². The van der Waals surface area contributed by atoms with Gasteiger partial charge in [-0.15, -0.1) is 0 Å². The molecule has 0 amide bonds. The fourth-order valence-corrected chi connectivity index (χ4v) is 2.28. The SMILES string of the molecule is Cn1c(-c2ccc(Cl)cc2)nc2cc([N+](=O)[O-])ccc21. The van der Waals surface area contributed by atoms with E-state index in [1.165, 1.54) is 12.1 Å². The first kappa shape index (κ1) is 12.6. The summed E-state index contributed by atoms with van der Waals surface area (Å²) >= 11 is 5.87. The molecule has 3 rings (SSSR count). The molecule has 2 aromatic carbocycles. The highest BCUT2D eigenvalue weighted by molar-refractivity contribution is 6.30. The number of nitro benzene ring substituents is 1. The zero-order valence-corrected chi connectivity index (χ0v) is 11.3. The number of hydrogen-bond acceptors (Lipinski definition) is 3. The van der Waals surface area contributed by atoms with Gasteiger partial charge in [0.1, 0.15) is 5.82 Å². The minimum Gasteiger partial charge on any atom is -0.327 e. The summed E-state index contributed by atoms with van der Waals surface area (Å²) in [7, 11) is 1.88. The van der Waals surface area contributed by atoms with E-state index >= 15 is 0 Å². The Bertz CT molecular complexity index is 809. The molecule has 0 unspecified atom stereocenters. The van der Waals surface area contributed by atoms with E-state index in [-0.39, 0.29) is 5.69 Å². The van der Waals surface area contributed by atoms with Crippen molar-refractivity contribution in [2.75, 3.05) is 0 Å². The highest BCUT2D eigenvalue weighted by Gasteiger charge is 2.13. The molecular weight excluding hydrogens is 278 g/mol. The predicted molar refractivity (Wildman–Crippen MR) is 77.8 cm³/mol. The molecule has 0 fully saturated rings. The molecule has 0 N–H and O–H groups in total. The summed E-state index contributed by atoms with van der Waals surface area (Å²) in [4.78, 5) is 14.9. The Kier molecular flexibility index (Phi) is 2.91. The molecule has 20 heavy (non-hydrogen) atoms. The van der Waals surface area contributed by atoms with Crippen molar-refractivity contribution in [1.29, 1.82) is 0 Å². The molecule has 0 saturated carbocycles. The summed E-state index contributed by atoms with van der Waals surface area (Å²) in [5, 5.41) is 11.5. The predicted octanol–water partition coefficient (Wildman–Crippen LogP) is 3.80. The van der Waals surface area contributed by atoms with Crippen molar-refractivity contribution >= 4 is 28.3 Å². The van der Waals surface area contributed by atoms with Gasteiger partial charge in [0.2, 0.25) is 0 Å². The standard InChI is InChI=1S/C14H10ClN3O2/c1-17-13-7-6-11(18(19)20)8-12(13)16-14(17)9-2-4-10(15)5-3-9/h2-8H,1H3. The van der Waals surface area contributed by atoms with Crippen LogP contribution in [0.1, 0.15) is 0 Å². The first-order valence-electron chi connectivity index (χ1n) is 5.93. The van der Waals surface area contributed by atoms with Crippen LogP contribution in [-0.2, 0) is 7.05 Å². The van der Waals surface area contributed by atoms with Crippen LogP contribution in [0, 0.1) is 10.1 Å². The second-order valence-corrected chi connectivity index (χ2v) is 4.87. The lowest BCUT2D eigenvalue weighted by Gasteiger charge is -2.02. The van der Waals surface area contributed by atoms with E-state index in [2.05, 4.69) is 4.98 Å². The lowest BCUT2D eigenvalue weighted by Crippen LogP contribution is -1.92. The number of fused-ring (bicyclic) bond motifs is 1. The second kappa shape index (κ2) is 4.61. The topological polar surface area (TPSA) is 61.0 Å². The first-order chi connectivity index (χ1) is 9.56. The number of rotatable bonds is 2. The van der Waals surface area contributed by atoms with Gasteiger partial charge in [-0.05, 0) is 30.3 Å². The van der Waals surface area contributed by atoms with Crippen molar-refractivity contribution < 1.29 is 4.92 Å². The maximum atomic E-state index is 10.8. The number of aromatic nitrogens is 2. The van der Waals surface area contributed by atoms with Crippen LogP contribution in [0.5, 0.6) is 0 Å². The number of nitrogens with zero attached hydrogens (tertiary/aromatic N) is 3. The molecule has 0 saturated heterocycles. The Hall–Kier alpha value is -2.40. The third kappa shape index (κ3) is 2.02. The number of aryl methyl sites for hydroxylation is 1. The molecule has 0 atom stereocenters. The third-order valence-electron chi connectivity index (χ3n) is 3.18. The maximum Gasteiger partial charge on any atom is 0.271 e. The zero-order chi connectivity index (χ0) is 14.3. The van der Waals surface area contributed by atoms with Crippen molar-refractivity contribution in [1.82, 2.24) is 9.55 Å². The highest BCUT2D eigenvalue weighted by atomic mass is 35.5. The molecule has 6 heteroatoms. The van der Waals surface area contributed by atoms with Crippen molar-refractivity contribution in [2.24, 2.45) is 7.05 Å². The van der Waals surface area contributed by atoms with Crippen LogP contribution in [-0.4, -0.2) is 14.5 Å². The van der Waals surface area contributed by atoms with Crippen molar-refractivity contribution in [3.05, 3.63) is 57.6 Å². The lowest BCUT2D eigenvalue weighted by molar-refractivity contribution is -0.384. The molecule has 0 aliphatic heterocycles. The molecule has 0 radical (unpaired) electrons. The van der Waals surface area contributed by atoms with Gasteiger partial charge in [0, 0.05) is 29.8 Å². The van der Waals surface area contributed by atoms with Crippen molar-refractivity contribution in [3.63, 3.8) is 0 Å². The average molecular weight is 288 g/mol. The molecule has 100 valence electrons. The highest BCUT2D eigenvalue weighted by Crippen LogP contribution is 2.27. The van der Waals surface area contributed by atoms with E-state index in [4.69, 9.17) is 11.6 Å². The second-order valence-electron chi connectivity index (χ2n) is 4.43. The summed E-state index contributed by atoms with van der Waals surface area (Å²) < 4.78 is 1.91. The number of imidazole rings is 1. The quantitative estimate of drug-likeness (QED) is 0.532. The minimum atomic E-state index is -0.421. The van der Waals surface area contributed by atoms with E-state index in [9.17, 15) is 10.1 Å². The van der Waals surface area contributed by atoms with E-state index in [1.807, 2.05) is 23.7 Å². The molecule has 0 spiro atoms. The summed E-state index contributed by atoms with van der Waals surface area (Å²) in [6.45, 7) is 0. The molecule has 3 aromatic rings. The van der Waals surface area contributed by atoms with Gasteiger partial charge >= 0.3 is 0 Å². The average Bonchev–Trinajstić information content (AvgIpc) is 2.76. The smallest absolute Gasteiger partial charge is 0.271 e. The van der Waals surface area contributed by atoms with Crippen LogP contribution in [0.25, 0.3) is 22.4 Å². The molecule has 1 heterocycles. The van der Waals surface area contributed by atoms with Gasteiger partial charge < -0.3 is 4.57 Å². The summed E-state index contributed by atoms with van der Waals surface area (Å²) in [6.07, 6.45) is 0. The van der Waals surface area contributed by atoms with Gasteiger partial charge in [0.15, 0.2) is 0 Å². The van der Waals surface area contributed by atoms with E-state index < -0.39 is 4.92 Å². The number of halogens is 1. The summed E-state index contributed by atoms with van der Waals surface area (Å²) in [5.41, 5.74) is 2.40. The van der Waals surface area contributed by atoms with E-state index in [0.717, 1.165) is 16.9 Å². The van der Waals surface area contributed by atoms with Gasteiger partial charge in [0.05, 0.1) is 16.0 Å². The van der Waals surface area contributed by atoms with Crippen LogP contribution in [0.4, 0.5) is 5.69 Å². The molecule has 5 nitrogen and oxygen atoms in total. The Morgan fingerprint density at radius 3 is 2.55 bits per heavy atom. The minimum absolute atomic E-state index is 0.0401. The Morgan fingerprint density at radius 2 is 1.90 bits per heavy atom. The van der Waals surface area contributed by atoms with Gasteiger partial charge in [-0.3, -0.25) is 10.1 Å². The fraction of sp³-hybridized carbons (Fsp3) is 0.0714. The fourth-order valence-electron chi connectivity index (χ4n) is 2.16. The first-order valence-corrected chi connectivity index (χ1v) is 6.31. The normalized spacial score (nSPS) is 10.9. The van der Waals surface area contributed by atoms with Crippen molar-refractivity contribution in [3.8, 4) is 11.4 Å². The Balaban J connectivity index is 2.19. The van der Waals surface area contributed by atoms with Gasteiger partial charge in [-0.2, -0.15) is 0 Å². The number of nitro groups is 1. The van der Waals surface area contributed by atoms with Gasteiger partial charge in [-0.1, -0.05) is 11.6 Å². The Labute approximate surface area is 119 Å². The van der Waals surface area contributed by atoms with Crippen LogP contribution in [0.15, 0.2) is 42.5 Å². The molecule has 0 bridgehead atoms. The largest absolute Gasteiger partial charge is 0.327 e. The van der Waals surface area contributed by atoms with Crippen LogP contribution < -0.4 is 0 Å². The Morgan fingerprint density at radius 1 is 1.20 bits per heavy atom. The summed E-state index contributed by atoms with van der Waals surface area (Å²) in [6, 6.07) is 12.0. The number of hydrogen-bond donors (Lipinski definition) is 0. The molecule has 1 aromatic heterocycles. The van der Waals surface area contributed by atoms with Crippen LogP contribution in [0.3, 0.4) is 0 Å². The monoisotopic (exact) mass is 287 g/mol. The maximum absolute atomic E-state index is 10.8. The van der Waals surface area contributed by atoms with E-state index in [0.29, 0.717) is 10.5 Å². The van der Waals surface area contributed by atoms with Crippen molar-refractivity contribution in [2.45, 2.75) is 0 Å². The molecule has 0 aliphatic carbocycles. The van der Waals surface area contributed by atoms with Crippen LogP contribution >= 0.6 is 11.6 Å². The number of non-ortho nitro benzene ring substituents is 1. The van der Waals surface area contributed by atoms with Crippen LogP contribution in [0.2, 0.25) is 5.02 Å². The van der Waals surface area contributed by atoms with E-state index in [1.54, 1.807) is 18.2 Å². The molecule has 0 aliphatic rings. The van der Waals surface area contributed by atoms with Gasteiger partial charge in [-0.25, -0.2) is 4.98 Å². The number of benzene rings is 2. The molecular formula is C14H10ClN3O2. The summed E-state index contributed by atoms with van der Waals surface area (Å²) in [5.74, 6) is 0.747. The zero-order valence-electron chi connectivity index (χ0n) is 10.6.